The van der Waals surface area contributed by atoms with Gasteiger partial charge in [0.05, 0.1) is 6.20 Å². The van der Waals surface area contributed by atoms with Gasteiger partial charge >= 0.3 is 0 Å². The van der Waals surface area contributed by atoms with Gasteiger partial charge in [-0.05, 0) is 30.9 Å². The number of nitrogens with one attached hydrogen (secondary N) is 1. The first-order valence-corrected chi connectivity index (χ1v) is 7.53. The van der Waals surface area contributed by atoms with Gasteiger partial charge in [-0.15, -0.1) is 0 Å². The Labute approximate surface area is 129 Å². The molecule has 2 aromatic rings. The van der Waals surface area contributed by atoms with Gasteiger partial charge in [-0.2, -0.15) is 0 Å². The van der Waals surface area contributed by atoms with Gasteiger partial charge < -0.3 is 10.2 Å². The maximum Gasteiger partial charge on any atom is 0.271 e. The molecule has 6 heteroatoms. The lowest BCUT2D eigenvalue weighted by Gasteiger charge is -2.32. The molecule has 1 aliphatic rings. The summed E-state index contributed by atoms with van der Waals surface area (Å²) in [7, 11) is 0. The lowest BCUT2D eigenvalue weighted by Crippen LogP contribution is -2.39. The third kappa shape index (κ3) is 3.58. The minimum atomic E-state index is -0.153. The van der Waals surface area contributed by atoms with E-state index in [-0.39, 0.29) is 5.91 Å². The van der Waals surface area contributed by atoms with Crippen molar-refractivity contribution >= 4 is 11.7 Å². The Kier molecular flexibility index (Phi) is 4.58. The van der Waals surface area contributed by atoms with Crippen molar-refractivity contribution in [2.24, 2.45) is 5.92 Å². The summed E-state index contributed by atoms with van der Waals surface area (Å²) in [6.07, 6.45) is 8.50. The number of hydrogen-bond donors (Lipinski definition) is 1. The van der Waals surface area contributed by atoms with Crippen LogP contribution in [0, 0.1) is 5.92 Å². The van der Waals surface area contributed by atoms with Crippen LogP contribution >= 0.6 is 0 Å². The number of amides is 1. The highest BCUT2D eigenvalue weighted by atomic mass is 16.1. The molecule has 1 saturated heterocycles. The van der Waals surface area contributed by atoms with Crippen LogP contribution in [0.4, 0.5) is 5.82 Å². The normalized spacial score (nSPS) is 15.5. The molecule has 0 atom stereocenters. The summed E-state index contributed by atoms with van der Waals surface area (Å²) in [5.74, 6) is 1.38. The molecular weight excluding hydrogens is 278 g/mol. The molecule has 22 heavy (non-hydrogen) atoms. The first-order chi connectivity index (χ1) is 10.8. The topological polar surface area (TPSA) is 71.0 Å². The average molecular weight is 297 g/mol. The molecule has 1 fully saturated rings. The Morgan fingerprint density at radius 1 is 1.18 bits per heavy atom. The van der Waals surface area contributed by atoms with E-state index in [1.54, 1.807) is 6.20 Å². The predicted molar refractivity (Wildman–Crippen MR) is 83.5 cm³/mol. The summed E-state index contributed by atoms with van der Waals surface area (Å²) in [5.41, 5.74) is 0.369. The summed E-state index contributed by atoms with van der Waals surface area (Å²) in [6, 6.07) is 5.98. The van der Waals surface area contributed by atoms with Crippen molar-refractivity contribution in [1.82, 2.24) is 20.3 Å². The molecule has 0 aromatic carbocycles. The summed E-state index contributed by atoms with van der Waals surface area (Å²) in [5, 5.41) is 2.95. The largest absolute Gasteiger partial charge is 0.357 e. The number of pyridine rings is 1. The molecule has 0 radical (unpaired) electrons. The zero-order valence-corrected chi connectivity index (χ0v) is 12.4. The van der Waals surface area contributed by atoms with Crippen LogP contribution in [-0.2, 0) is 0 Å². The third-order valence-corrected chi connectivity index (χ3v) is 3.93. The van der Waals surface area contributed by atoms with Crippen LogP contribution in [0.15, 0.2) is 43.0 Å². The number of aromatic nitrogens is 3. The number of rotatable bonds is 4. The van der Waals surface area contributed by atoms with E-state index >= 15 is 0 Å². The van der Waals surface area contributed by atoms with Crippen molar-refractivity contribution in [1.29, 1.82) is 0 Å². The van der Waals surface area contributed by atoms with Crippen LogP contribution in [0.25, 0.3) is 0 Å². The number of carbonyl (C=O) groups excluding carboxylic acids is 1. The van der Waals surface area contributed by atoms with Gasteiger partial charge in [-0.25, -0.2) is 9.97 Å². The fourth-order valence-corrected chi connectivity index (χ4v) is 2.65. The Hall–Kier alpha value is -2.50. The second-order valence-corrected chi connectivity index (χ2v) is 5.42. The van der Waals surface area contributed by atoms with Crippen LogP contribution in [0.1, 0.15) is 23.3 Å². The molecule has 1 N–H and O–H groups in total. The highest BCUT2D eigenvalue weighted by Crippen LogP contribution is 2.20. The van der Waals surface area contributed by atoms with E-state index in [0.717, 1.165) is 31.7 Å². The van der Waals surface area contributed by atoms with Crippen molar-refractivity contribution in [3.63, 3.8) is 0 Å². The van der Waals surface area contributed by atoms with E-state index < -0.39 is 0 Å². The smallest absolute Gasteiger partial charge is 0.271 e. The molecule has 0 saturated carbocycles. The summed E-state index contributed by atoms with van der Waals surface area (Å²) >= 11 is 0. The molecule has 0 spiro atoms. The van der Waals surface area contributed by atoms with E-state index in [2.05, 4.69) is 25.2 Å². The molecule has 0 bridgehead atoms. The Balaban J connectivity index is 1.45. The second-order valence-electron chi connectivity index (χ2n) is 5.42. The van der Waals surface area contributed by atoms with Crippen molar-refractivity contribution < 1.29 is 4.79 Å². The van der Waals surface area contributed by atoms with Crippen molar-refractivity contribution in [3.8, 4) is 0 Å². The van der Waals surface area contributed by atoms with Gasteiger partial charge in [0.2, 0.25) is 0 Å². The van der Waals surface area contributed by atoms with Crippen LogP contribution in [-0.4, -0.2) is 40.5 Å². The van der Waals surface area contributed by atoms with Crippen LogP contribution in [0.2, 0.25) is 0 Å². The highest BCUT2D eigenvalue weighted by molar-refractivity contribution is 5.91. The lowest BCUT2D eigenvalue weighted by molar-refractivity contribution is 0.0939. The first-order valence-electron chi connectivity index (χ1n) is 7.53. The number of anilines is 1. The first kappa shape index (κ1) is 14.4. The van der Waals surface area contributed by atoms with Crippen molar-refractivity contribution in [3.05, 3.63) is 48.7 Å². The Morgan fingerprint density at radius 2 is 2.05 bits per heavy atom. The maximum atomic E-state index is 11.9. The average Bonchev–Trinajstić information content (AvgIpc) is 2.61. The SMILES string of the molecule is O=C(NCC1CCN(c2ccccn2)CC1)c1cnccn1. The molecular formula is C16H19N5O. The molecule has 0 unspecified atom stereocenters. The predicted octanol–water partition coefficient (Wildman–Crippen LogP) is 1.52. The number of hydrogen-bond acceptors (Lipinski definition) is 5. The van der Waals surface area contributed by atoms with E-state index in [1.165, 1.54) is 12.4 Å². The van der Waals surface area contributed by atoms with Crippen molar-refractivity contribution in [2.45, 2.75) is 12.8 Å². The second kappa shape index (κ2) is 6.98. The quantitative estimate of drug-likeness (QED) is 0.926. The number of carbonyl (C=O) groups is 1. The Morgan fingerprint density at radius 3 is 2.73 bits per heavy atom. The van der Waals surface area contributed by atoms with E-state index in [4.69, 9.17) is 0 Å². The standard InChI is InChI=1S/C16H19N5O/c22-16(14-12-17-7-8-18-14)20-11-13-4-9-21(10-5-13)15-3-1-2-6-19-15/h1-3,6-8,12-13H,4-5,9-11H2,(H,20,22). The van der Waals surface area contributed by atoms with Gasteiger partial charge in [-0.1, -0.05) is 6.07 Å². The van der Waals surface area contributed by atoms with E-state index in [0.29, 0.717) is 18.2 Å². The molecule has 114 valence electrons. The fourth-order valence-electron chi connectivity index (χ4n) is 2.65. The minimum absolute atomic E-state index is 0.153. The van der Waals surface area contributed by atoms with E-state index in [9.17, 15) is 4.79 Å². The molecule has 2 aromatic heterocycles. The van der Waals surface area contributed by atoms with E-state index in [1.807, 2.05) is 24.4 Å². The van der Waals surface area contributed by atoms with Crippen LogP contribution in [0.3, 0.4) is 0 Å². The summed E-state index contributed by atoms with van der Waals surface area (Å²) in [6.45, 7) is 2.64. The fraction of sp³-hybridized carbons (Fsp3) is 0.375. The van der Waals surface area contributed by atoms with Gasteiger partial charge in [0, 0.05) is 38.2 Å². The van der Waals surface area contributed by atoms with Crippen LogP contribution in [0.5, 0.6) is 0 Å². The summed E-state index contributed by atoms with van der Waals surface area (Å²) < 4.78 is 0. The van der Waals surface area contributed by atoms with Gasteiger partial charge in [0.25, 0.3) is 5.91 Å². The molecule has 1 amide bonds. The summed E-state index contributed by atoms with van der Waals surface area (Å²) in [4.78, 5) is 26.5. The molecule has 3 rings (SSSR count). The maximum absolute atomic E-state index is 11.9. The zero-order valence-electron chi connectivity index (χ0n) is 12.4. The number of piperidine rings is 1. The van der Waals surface area contributed by atoms with Gasteiger partial charge in [0.1, 0.15) is 11.5 Å². The van der Waals surface area contributed by atoms with Gasteiger partial charge in [0.15, 0.2) is 0 Å². The molecule has 0 aliphatic carbocycles. The monoisotopic (exact) mass is 297 g/mol. The molecule has 1 aliphatic heterocycles. The van der Waals surface area contributed by atoms with Gasteiger partial charge in [-0.3, -0.25) is 9.78 Å². The highest BCUT2D eigenvalue weighted by Gasteiger charge is 2.20. The van der Waals surface area contributed by atoms with Crippen molar-refractivity contribution in [2.75, 3.05) is 24.5 Å². The molecule has 3 heterocycles. The minimum Gasteiger partial charge on any atom is -0.357 e. The molecule has 6 nitrogen and oxygen atoms in total. The third-order valence-electron chi connectivity index (χ3n) is 3.93. The number of nitrogens with zero attached hydrogens (tertiary/aromatic N) is 4. The lowest BCUT2D eigenvalue weighted by atomic mass is 9.96. The zero-order chi connectivity index (χ0) is 15.2. The van der Waals surface area contributed by atoms with Crippen LogP contribution < -0.4 is 10.2 Å². The Bertz CT molecular complexity index is 596.